The van der Waals surface area contributed by atoms with Crippen LogP contribution in [0, 0.1) is 5.41 Å². The van der Waals surface area contributed by atoms with E-state index in [2.05, 4.69) is 14.9 Å². The Labute approximate surface area is 88.8 Å². The molecule has 0 saturated carbocycles. The van der Waals surface area contributed by atoms with Crippen LogP contribution in [0.15, 0.2) is 17.3 Å². The number of nitrogens with zero attached hydrogens (tertiary/aromatic N) is 1. The second-order valence-corrected chi connectivity index (χ2v) is 5.85. The van der Waals surface area contributed by atoms with Crippen molar-refractivity contribution in [1.29, 1.82) is 0 Å². The SMILES string of the molecule is CC(C)(CO)CNS(=O)(=O)c1cn[nH]c1. The first kappa shape index (κ1) is 12.2. The average Bonchev–Trinajstić information content (AvgIpc) is 2.69. The fourth-order valence-electron chi connectivity index (χ4n) is 0.816. The van der Waals surface area contributed by atoms with Gasteiger partial charge in [-0.05, 0) is 0 Å². The summed E-state index contributed by atoms with van der Waals surface area (Å²) in [7, 11) is -3.52. The average molecular weight is 233 g/mol. The molecule has 0 unspecified atom stereocenters. The highest BCUT2D eigenvalue weighted by Crippen LogP contribution is 2.13. The van der Waals surface area contributed by atoms with Crippen LogP contribution < -0.4 is 4.72 Å². The molecule has 3 N–H and O–H groups in total. The van der Waals surface area contributed by atoms with Gasteiger partial charge in [-0.25, -0.2) is 13.1 Å². The zero-order valence-electron chi connectivity index (χ0n) is 8.69. The predicted octanol–water partition coefficient (Wildman–Crippen LogP) is -0.294. The monoisotopic (exact) mass is 233 g/mol. The molecule has 0 atom stereocenters. The summed E-state index contributed by atoms with van der Waals surface area (Å²) in [5, 5.41) is 15.0. The van der Waals surface area contributed by atoms with Gasteiger partial charge in [-0.2, -0.15) is 5.10 Å². The second kappa shape index (κ2) is 4.30. The minimum absolute atomic E-state index is 0.0824. The molecule has 0 spiro atoms. The van der Waals surface area contributed by atoms with Gasteiger partial charge in [0.2, 0.25) is 10.0 Å². The maximum Gasteiger partial charge on any atom is 0.243 e. The molecule has 0 amide bonds. The molecule has 0 aliphatic heterocycles. The van der Waals surface area contributed by atoms with Crippen LogP contribution in [0.2, 0.25) is 0 Å². The lowest BCUT2D eigenvalue weighted by Gasteiger charge is -2.21. The maximum atomic E-state index is 11.6. The lowest BCUT2D eigenvalue weighted by Crippen LogP contribution is -2.35. The molecular weight excluding hydrogens is 218 g/mol. The summed E-state index contributed by atoms with van der Waals surface area (Å²) in [4.78, 5) is 0.0937. The molecule has 0 fully saturated rings. The third kappa shape index (κ3) is 3.29. The van der Waals surface area contributed by atoms with Gasteiger partial charge < -0.3 is 5.11 Å². The van der Waals surface area contributed by atoms with Gasteiger partial charge in [0.25, 0.3) is 0 Å². The summed E-state index contributed by atoms with van der Waals surface area (Å²) >= 11 is 0. The van der Waals surface area contributed by atoms with Crippen molar-refractivity contribution in [2.75, 3.05) is 13.2 Å². The predicted molar refractivity (Wildman–Crippen MR) is 54.6 cm³/mol. The van der Waals surface area contributed by atoms with Gasteiger partial charge in [0, 0.05) is 24.8 Å². The highest BCUT2D eigenvalue weighted by Gasteiger charge is 2.21. The van der Waals surface area contributed by atoms with Gasteiger partial charge in [0.15, 0.2) is 0 Å². The Bertz CT molecular complexity index is 397. The van der Waals surface area contributed by atoms with E-state index in [0.29, 0.717) is 0 Å². The van der Waals surface area contributed by atoms with E-state index < -0.39 is 15.4 Å². The first-order chi connectivity index (χ1) is 6.87. The van der Waals surface area contributed by atoms with Crippen LogP contribution in [0.4, 0.5) is 0 Å². The molecule has 1 aromatic heterocycles. The van der Waals surface area contributed by atoms with Crippen LogP contribution >= 0.6 is 0 Å². The lowest BCUT2D eigenvalue weighted by molar-refractivity contribution is 0.163. The van der Waals surface area contributed by atoms with Gasteiger partial charge in [0.1, 0.15) is 4.90 Å². The Morgan fingerprint density at radius 3 is 2.73 bits per heavy atom. The van der Waals surface area contributed by atoms with Gasteiger partial charge in [-0.1, -0.05) is 13.8 Å². The van der Waals surface area contributed by atoms with Crippen LogP contribution in [-0.2, 0) is 10.0 Å². The van der Waals surface area contributed by atoms with Crippen molar-refractivity contribution < 1.29 is 13.5 Å². The van der Waals surface area contributed by atoms with E-state index in [0.717, 1.165) is 0 Å². The number of nitrogens with one attached hydrogen (secondary N) is 2. The van der Waals surface area contributed by atoms with Crippen molar-refractivity contribution >= 4 is 10.0 Å². The molecule has 0 aromatic carbocycles. The van der Waals surface area contributed by atoms with E-state index in [1.807, 2.05) is 0 Å². The summed E-state index contributed by atoms with van der Waals surface area (Å²) in [6, 6.07) is 0. The number of hydrogen-bond donors (Lipinski definition) is 3. The largest absolute Gasteiger partial charge is 0.396 e. The third-order valence-electron chi connectivity index (χ3n) is 1.95. The van der Waals surface area contributed by atoms with Crippen molar-refractivity contribution in [3.8, 4) is 0 Å². The highest BCUT2D eigenvalue weighted by atomic mass is 32.2. The normalized spacial score (nSPS) is 13.0. The third-order valence-corrected chi connectivity index (χ3v) is 3.32. The number of rotatable bonds is 5. The fraction of sp³-hybridized carbons (Fsp3) is 0.625. The number of hydrogen-bond acceptors (Lipinski definition) is 4. The topological polar surface area (TPSA) is 95.1 Å². The minimum Gasteiger partial charge on any atom is -0.396 e. The molecule has 0 radical (unpaired) electrons. The van der Waals surface area contributed by atoms with E-state index in [-0.39, 0.29) is 18.0 Å². The van der Waals surface area contributed by atoms with Gasteiger partial charge >= 0.3 is 0 Å². The van der Waals surface area contributed by atoms with Gasteiger partial charge in [-0.15, -0.1) is 0 Å². The summed E-state index contributed by atoms with van der Waals surface area (Å²) in [6.07, 6.45) is 2.53. The van der Waals surface area contributed by atoms with Crippen LogP contribution in [0.5, 0.6) is 0 Å². The standard InChI is InChI=1S/C8H15N3O3S/c1-8(2,6-12)5-11-15(13,14)7-3-9-10-4-7/h3-4,11-12H,5-6H2,1-2H3,(H,9,10). The van der Waals surface area contributed by atoms with E-state index in [1.54, 1.807) is 13.8 Å². The van der Waals surface area contributed by atoms with Crippen LogP contribution in [0.25, 0.3) is 0 Å². The van der Waals surface area contributed by atoms with Crippen LogP contribution in [-0.4, -0.2) is 36.9 Å². The number of aromatic nitrogens is 2. The van der Waals surface area contributed by atoms with Crippen LogP contribution in [0.1, 0.15) is 13.8 Å². The number of aliphatic hydroxyl groups is 1. The first-order valence-electron chi connectivity index (χ1n) is 4.47. The fourth-order valence-corrected chi connectivity index (χ4v) is 1.96. The van der Waals surface area contributed by atoms with Crippen molar-refractivity contribution in [3.63, 3.8) is 0 Å². The zero-order valence-corrected chi connectivity index (χ0v) is 9.50. The molecule has 1 aromatic rings. The number of H-pyrrole nitrogens is 1. The second-order valence-electron chi connectivity index (χ2n) is 4.08. The smallest absolute Gasteiger partial charge is 0.243 e. The quantitative estimate of drug-likeness (QED) is 0.651. The zero-order chi connectivity index (χ0) is 11.5. The molecule has 0 aliphatic rings. The summed E-state index contributed by atoms with van der Waals surface area (Å²) in [6.45, 7) is 3.63. The lowest BCUT2D eigenvalue weighted by atomic mass is 9.96. The molecule has 1 heterocycles. The van der Waals surface area contributed by atoms with Crippen molar-refractivity contribution in [2.24, 2.45) is 5.41 Å². The molecule has 0 bridgehead atoms. The minimum atomic E-state index is -3.52. The Morgan fingerprint density at radius 2 is 2.27 bits per heavy atom. The van der Waals surface area contributed by atoms with Gasteiger partial charge in [-0.3, -0.25) is 5.10 Å². The van der Waals surface area contributed by atoms with Gasteiger partial charge in [0.05, 0.1) is 6.20 Å². The van der Waals surface area contributed by atoms with Crippen molar-refractivity contribution in [3.05, 3.63) is 12.4 Å². The summed E-state index contributed by atoms with van der Waals surface area (Å²) in [5.74, 6) is 0. The molecule has 0 saturated heterocycles. The van der Waals surface area contributed by atoms with Crippen molar-refractivity contribution in [2.45, 2.75) is 18.7 Å². The molecule has 7 heteroatoms. The van der Waals surface area contributed by atoms with E-state index in [4.69, 9.17) is 5.11 Å². The Morgan fingerprint density at radius 1 is 1.60 bits per heavy atom. The summed E-state index contributed by atoms with van der Waals surface area (Å²) < 4.78 is 25.6. The Kier molecular flexibility index (Phi) is 3.48. The first-order valence-corrected chi connectivity index (χ1v) is 5.95. The summed E-state index contributed by atoms with van der Waals surface area (Å²) in [5.41, 5.74) is -0.475. The highest BCUT2D eigenvalue weighted by molar-refractivity contribution is 7.89. The van der Waals surface area contributed by atoms with Crippen LogP contribution in [0.3, 0.4) is 0 Å². The van der Waals surface area contributed by atoms with E-state index in [9.17, 15) is 8.42 Å². The van der Waals surface area contributed by atoms with E-state index >= 15 is 0 Å². The van der Waals surface area contributed by atoms with E-state index in [1.165, 1.54) is 12.4 Å². The number of aromatic amines is 1. The molecule has 86 valence electrons. The molecule has 0 aliphatic carbocycles. The maximum absolute atomic E-state index is 11.6. The molecular formula is C8H15N3O3S. The molecule has 15 heavy (non-hydrogen) atoms. The Balaban J connectivity index is 2.67. The number of sulfonamides is 1. The molecule has 6 nitrogen and oxygen atoms in total. The Hall–Kier alpha value is -0.920. The molecule has 1 rings (SSSR count). The van der Waals surface area contributed by atoms with Crippen molar-refractivity contribution in [1.82, 2.24) is 14.9 Å². The number of aliphatic hydroxyl groups excluding tert-OH is 1.